The van der Waals surface area contributed by atoms with Crippen molar-refractivity contribution < 1.29 is 9.59 Å². The van der Waals surface area contributed by atoms with E-state index in [1.165, 1.54) is 12.8 Å². The second-order valence-electron chi connectivity index (χ2n) is 6.46. The maximum Gasteiger partial charge on any atom is 0.239 e. The first-order valence-corrected chi connectivity index (χ1v) is 6.86. The monoisotopic (exact) mass is 254 g/mol. The number of rotatable bonds is 3. The summed E-state index contributed by atoms with van der Waals surface area (Å²) in [6.07, 6.45) is 4.47. The van der Waals surface area contributed by atoms with Crippen molar-refractivity contribution in [1.82, 2.24) is 10.6 Å². The molecule has 0 spiro atoms. The van der Waals surface area contributed by atoms with Crippen LogP contribution in [0.4, 0.5) is 0 Å². The van der Waals surface area contributed by atoms with Crippen LogP contribution < -0.4 is 10.6 Å². The summed E-state index contributed by atoms with van der Waals surface area (Å²) in [5, 5.41) is 5.66. The fourth-order valence-electron chi connectivity index (χ4n) is 2.11. The molecule has 4 heteroatoms. The lowest BCUT2D eigenvalue weighted by Crippen LogP contribution is -2.45. The first-order chi connectivity index (χ1) is 8.29. The highest BCUT2D eigenvalue weighted by Gasteiger charge is 2.23. The van der Waals surface area contributed by atoms with E-state index >= 15 is 0 Å². The Balaban J connectivity index is 2.24. The molecular formula is C14H26N2O2. The maximum absolute atomic E-state index is 11.7. The minimum absolute atomic E-state index is 0.0767. The largest absolute Gasteiger partial charge is 0.352 e. The van der Waals surface area contributed by atoms with E-state index in [0.717, 1.165) is 18.8 Å². The topological polar surface area (TPSA) is 58.2 Å². The van der Waals surface area contributed by atoms with Crippen LogP contribution in [0.1, 0.15) is 53.4 Å². The number of nitrogens with one attached hydrogen (secondary N) is 2. The van der Waals surface area contributed by atoms with Gasteiger partial charge in [-0.25, -0.2) is 0 Å². The van der Waals surface area contributed by atoms with Crippen molar-refractivity contribution in [3.05, 3.63) is 0 Å². The highest BCUT2D eigenvalue weighted by molar-refractivity contribution is 5.87. The van der Waals surface area contributed by atoms with Gasteiger partial charge >= 0.3 is 0 Å². The quantitative estimate of drug-likeness (QED) is 0.807. The van der Waals surface area contributed by atoms with Crippen molar-refractivity contribution >= 4 is 11.8 Å². The minimum Gasteiger partial charge on any atom is -0.352 e. The first-order valence-electron chi connectivity index (χ1n) is 6.86. The van der Waals surface area contributed by atoms with Crippen LogP contribution in [0.2, 0.25) is 0 Å². The summed E-state index contributed by atoms with van der Waals surface area (Å²) < 4.78 is 0. The van der Waals surface area contributed by atoms with E-state index in [1.54, 1.807) is 0 Å². The van der Waals surface area contributed by atoms with Crippen LogP contribution in [-0.2, 0) is 9.59 Å². The van der Waals surface area contributed by atoms with Crippen molar-refractivity contribution in [3.63, 3.8) is 0 Å². The van der Waals surface area contributed by atoms with Gasteiger partial charge in [0, 0.05) is 11.5 Å². The van der Waals surface area contributed by atoms with Gasteiger partial charge in [0.15, 0.2) is 0 Å². The minimum atomic E-state index is -0.444. The molecule has 0 atom stereocenters. The van der Waals surface area contributed by atoms with Crippen LogP contribution in [0.5, 0.6) is 0 Å². The second-order valence-corrected chi connectivity index (χ2v) is 6.46. The maximum atomic E-state index is 11.7. The number of carbonyl (C=O) groups excluding carboxylic acids is 2. The van der Waals surface area contributed by atoms with Gasteiger partial charge in [-0.15, -0.1) is 0 Å². The molecule has 0 unspecified atom stereocenters. The van der Waals surface area contributed by atoms with E-state index in [1.807, 2.05) is 20.8 Å². The predicted octanol–water partition coefficient (Wildman–Crippen LogP) is 1.84. The van der Waals surface area contributed by atoms with E-state index < -0.39 is 5.41 Å². The lowest BCUT2D eigenvalue weighted by molar-refractivity contribution is -0.131. The van der Waals surface area contributed by atoms with Crippen molar-refractivity contribution in [2.24, 2.45) is 11.3 Å². The van der Waals surface area contributed by atoms with Gasteiger partial charge in [0.05, 0.1) is 6.54 Å². The molecule has 1 saturated carbocycles. The summed E-state index contributed by atoms with van der Waals surface area (Å²) in [7, 11) is 0. The second kappa shape index (κ2) is 6.21. The molecule has 0 bridgehead atoms. The van der Waals surface area contributed by atoms with E-state index in [4.69, 9.17) is 0 Å². The molecule has 18 heavy (non-hydrogen) atoms. The van der Waals surface area contributed by atoms with Gasteiger partial charge in [-0.2, -0.15) is 0 Å². The van der Waals surface area contributed by atoms with Gasteiger partial charge in [-0.3, -0.25) is 9.59 Å². The molecular weight excluding hydrogens is 228 g/mol. The Morgan fingerprint density at radius 1 is 1.11 bits per heavy atom. The van der Waals surface area contributed by atoms with Gasteiger partial charge in [0.2, 0.25) is 11.8 Å². The standard InChI is InChI=1S/C14H26N2O2/c1-10-5-7-11(8-6-10)16-12(17)9-15-13(18)14(2,3)4/h10-11H,5-9H2,1-4H3,(H,15,18)(H,16,17). The zero-order valence-electron chi connectivity index (χ0n) is 12.0. The SMILES string of the molecule is CC1CCC(NC(=O)CNC(=O)C(C)(C)C)CC1. The molecule has 104 valence electrons. The highest BCUT2D eigenvalue weighted by Crippen LogP contribution is 2.23. The lowest BCUT2D eigenvalue weighted by Gasteiger charge is -2.27. The Morgan fingerprint density at radius 2 is 1.67 bits per heavy atom. The zero-order chi connectivity index (χ0) is 13.8. The molecule has 0 aromatic carbocycles. The Kier molecular flexibility index (Phi) is 5.17. The first kappa shape index (κ1) is 15.0. The molecule has 0 aromatic heterocycles. The zero-order valence-corrected chi connectivity index (χ0v) is 12.0. The van der Waals surface area contributed by atoms with Crippen LogP contribution >= 0.6 is 0 Å². The summed E-state index contributed by atoms with van der Waals surface area (Å²) in [6.45, 7) is 7.85. The molecule has 4 nitrogen and oxygen atoms in total. The Hall–Kier alpha value is -1.06. The average Bonchev–Trinajstić information content (AvgIpc) is 2.28. The van der Waals surface area contributed by atoms with E-state index in [9.17, 15) is 9.59 Å². The van der Waals surface area contributed by atoms with Gasteiger partial charge in [-0.1, -0.05) is 27.7 Å². The summed E-state index contributed by atoms with van der Waals surface area (Å²) in [5.74, 6) is 0.612. The van der Waals surface area contributed by atoms with Crippen LogP contribution in [0, 0.1) is 11.3 Å². The molecule has 2 amide bonds. The molecule has 1 aliphatic carbocycles. The van der Waals surface area contributed by atoms with E-state index in [0.29, 0.717) is 6.04 Å². The molecule has 0 aliphatic heterocycles. The molecule has 0 radical (unpaired) electrons. The molecule has 1 aliphatic rings. The van der Waals surface area contributed by atoms with E-state index in [2.05, 4.69) is 17.6 Å². The van der Waals surface area contributed by atoms with Crippen LogP contribution in [0.3, 0.4) is 0 Å². The Bertz CT molecular complexity index is 299. The third-order valence-corrected chi connectivity index (χ3v) is 3.47. The van der Waals surface area contributed by atoms with Crippen LogP contribution in [0.25, 0.3) is 0 Å². The fourth-order valence-corrected chi connectivity index (χ4v) is 2.11. The summed E-state index contributed by atoms with van der Waals surface area (Å²) in [6, 6.07) is 0.292. The number of hydrogen-bond donors (Lipinski definition) is 2. The molecule has 0 heterocycles. The molecule has 0 saturated heterocycles. The summed E-state index contributed by atoms with van der Waals surface area (Å²) >= 11 is 0. The van der Waals surface area contributed by atoms with Crippen LogP contribution in [0.15, 0.2) is 0 Å². The normalized spacial score (nSPS) is 24.4. The smallest absolute Gasteiger partial charge is 0.239 e. The lowest BCUT2D eigenvalue weighted by atomic mass is 9.87. The average molecular weight is 254 g/mol. The van der Waals surface area contributed by atoms with Crippen molar-refractivity contribution in [2.45, 2.75) is 59.4 Å². The highest BCUT2D eigenvalue weighted by atomic mass is 16.2. The summed E-state index contributed by atoms with van der Waals surface area (Å²) in [4.78, 5) is 23.3. The molecule has 1 fully saturated rings. The molecule has 1 rings (SSSR count). The van der Waals surface area contributed by atoms with Crippen molar-refractivity contribution in [2.75, 3.05) is 6.54 Å². The van der Waals surface area contributed by atoms with Crippen molar-refractivity contribution in [1.29, 1.82) is 0 Å². The van der Waals surface area contributed by atoms with Crippen molar-refractivity contribution in [3.8, 4) is 0 Å². The third kappa shape index (κ3) is 5.07. The summed E-state index contributed by atoms with van der Waals surface area (Å²) in [5.41, 5.74) is -0.444. The Labute approximate surface area is 110 Å². The predicted molar refractivity (Wildman–Crippen MR) is 72.0 cm³/mol. The van der Waals surface area contributed by atoms with Gasteiger partial charge in [0.1, 0.15) is 0 Å². The fraction of sp³-hybridized carbons (Fsp3) is 0.857. The van der Waals surface area contributed by atoms with E-state index in [-0.39, 0.29) is 18.4 Å². The molecule has 0 aromatic rings. The number of amides is 2. The van der Waals surface area contributed by atoms with Gasteiger partial charge < -0.3 is 10.6 Å². The number of carbonyl (C=O) groups is 2. The molecule has 2 N–H and O–H groups in total. The number of hydrogen-bond acceptors (Lipinski definition) is 2. The van der Waals surface area contributed by atoms with Crippen LogP contribution in [-0.4, -0.2) is 24.4 Å². The third-order valence-electron chi connectivity index (χ3n) is 3.47. The Morgan fingerprint density at radius 3 is 2.17 bits per heavy atom. The van der Waals surface area contributed by atoms with Gasteiger partial charge in [0.25, 0.3) is 0 Å². The van der Waals surface area contributed by atoms with Gasteiger partial charge in [-0.05, 0) is 31.6 Å².